The molecule has 0 radical (unpaired) electrons. The monoisotopic (exact) mass is 169 g/mol. The molecule has 1 aliphatic carbocycles. The van der Waals surface area contributed by atoms with Crippen molar-refractivity contribution >= 4 is 5.91 Å². The third-order valence-electron chi connectivity index (χ3n) is 2.64. The Balaban J connectivity index is 1.84. The molecule has 1 aliphatic heterocycles. The maximum Gasteiger partial charge on any atom is 0.226 e. The number of rotatable bonds is 2. The number of nitrogens with one attached hydrogen (secondary N) is 1. The lowest BCUT2D eigenvalue weighted by molar-refractivity contribution is -0.126. The first-order valence-corrected chi connectivity index (χ1v) is 4.69. The van der Waals surface area contributed by atoms with Crippen molar-refractivity contribution in [3.63, 3.8) is 0 Å². The second kappa shape index (κ2) is 3.05. The van der Waals surface area contributed by atoms with Gasteiger partial charge in [0.1, 0.15) is 0 Å². The van der Waals surface area contributed by atoms with Crippen LogP contribution in [0.5, 0.6) is 0 Å². The number of ether oxygens (including phenoxy) is 1. The van der Waals surface area contributed by atoms with Gasteiger partial charge in [0.15, 0.2) is 0 Å². The van der Waals surface area contributed by atoms with Crippen LogP contribution in [0.2, 0.25) is 0 Å². The molecule has 0 aromatic carbocycles. The molecule has 2 unspecified atom stereocenters. The van der Waals surface area contributed by atoms with E-state index in [0.717, 1.165) is 25.9 Å². The Hall–Kier alpha value is -0.570. The minimum Gasteiger partial charge on any atom is -0.378 e. The fourth-order valence-corrected chi connectivity index (χ4v) is 1.61. The lowest BCUT2D eigenvalue weighted by atomic mass is 10.0. The topological polar surface area (TPSA) is 38.3 Å². The van der Waals surface area contributed by atoms with E-state index in [2.05, 4.69) is 5.32 Å². The van der Waals surface area contributed by atoms with Crippen molar-refractivity contribution in [3.05, 3.63) is 0 Å². The van der Waals surface area contributed by atoms with Gasteiger partial charge >= 0.3 is 0 Å². The van der Waals surface area contributed by atoms with E-state index in [9.17, 15) is 4.79 Å². The largest absolute Gasteiger partial charge is 0.378 e. The standard InChI is InChI=1S/C9H15NO2/c1-6-8(4-5-12-6)9(11)10-7-2-3-7/h6-8H,2-5H2,1H3,(H,10,11). The molecule has 1 saturated carbocycles. The van der Waals surface area contributed by atoms with Crippen molar-refractivity contribution in [1.82, 2.24) is 5.32 Å². The molecule has 1 amide bonds. The normalized spacial score (nSPS) is 35.1. The van der Waals surface area contributed by atoms with E-state index in [4.69, 9.17) is 4.74 Å². The van der Waals surface area contributed by atoms with Crippen molar-refractivity contribution in [3.8, 4) is 0 Å². The minimum atomic E-state index is 0.102. The zero-order valence-electron chi connectivity index (χ0n) is 7.38. The molecule has 3 nitrogen and oxygen atoms in total. The molecular weight excluding hydrogens is 154 g/mol. The summed E-state index contributed by atoms with van der Waals surface area (Å²) in [6.07, 6.45) is 3.32. The van der Waals surface area contributed by atoms with Crippen molar-refractivity contribution in [2.45, 2.75) is 38.3 Å². The second-order valence-electron chi connectivity index (χ2n) is 3.75. The van der Waals surface area contributed by atoms with Crippen LogP contribution in [0.15, 0.2) is 0 Å². The van der Waals surface area contributed by atoms with Crippen LogP contribution in [0.4, 0.5) is 0 Å². The Labute approximate surface area is 72.5 Å². The highest BCUT2D eigenvalue weighted by molar-refractivity contribution is 5.80. The van der Waals surface area contributed by atoms with E-state index in [0.29, 0.717) is 6.04 Å². The van der Waals surface area contributed by atoms with Crippen LogP contribution in [0.25, 0.3) is 0 Å². The second-order valence-corrected chi connectivity index (χ2v) is 3.75. The van der Waals surface area contributed by atoms with Crippen molar-refractivity contribution in [2.75, 3.05) is 6.61 Å². The highest BCUT2D eigenvalue weighted by Crippen LogP contribution is 2.24. The smallest absolute Gasteiger partial charge is 0.226 e. The van der Waals surface area contributed by atoms with Crippen molar-refractivity contribution in [1.29, 1.82) is 0 Å². The average Bonchev–Trinajstić information content (AvgIpc) is 2.72. The van der Waals surface area contributed by atoms with Crippen LogP contribution >= 0.6 is 0 Å². The SMILES string of the molecule is CC1OCCC1C(=O)NC1CC1. The highest BCUT2D eigenvalue weighted by atomic mass is 16.5. The van der Waals surface area contributed by atoms with Gasteiger partial charge in [-0.1, -0.05) is 0 Å². The van der Waals surface area contributed by atoms with Gasteiger partial charge in [-0.25, -0.2) is 0 Å². The number of carbonyl (C=O) groups is 1. The Morgan fingerprint density at radius 2 is 2.17 bits per heavy atom. The number of amides is 1. The maximum atomic E-state index is 11.5. The summed E-state index contributed by atoms with van der Waals surface area (Å²) in [5, 5.41) is 3.01. The van der Waals surface area contributed by atoms with Gasteiger partial charge in [0.25, 0.3) is 0 Å². The van der Waals surface area contributed by atoms with Crippen LogP contribution in [-0.4, -0.2) is 24.7 Å². The third kappa shape index (κ3) is 1.61. The Kier molecular flexibility index (Phi) is 2.05. The number of hydrogen-bond acceptors (Lipinski definition) is 2. The molecule has 68 valence electrons. The van der Waals surface area contributed by atoms with Crippen LogP contribution in [0, 0.1) is 5.92 Å². The van der Waals surface area contributed by atoms with E-state index in [-0.39, 0.29) is 17.9 Å². The zero-order chi connectivity index (χ0) is 8.55. The first kappa shape index (κ1) is 8.05. The minimum absolute atomic E-state index is 0.102. The summed E-state index contributed by atoms with van der Waals surface area (Å²) in [7, 11) is 0. The first-order valence-electron chi connectivity index (χ1n) is 4.69. The molecule has 1 N–H and O–H groups in total. The van der Waals surface area contributed by atoms with Gasteiger partial charge in [0, 0.05) is 12.6 Å². The molecule has 0 spiro atoms. The number of hydrogen-bond donors (Lipinski definition) is 1. The molecule has 0 aromatic rings. The molecule has 2 aliphatic rings. The predicted molar refractivity (Wildman–Crippen MR) is 44.7 cm³/mol. The van der Waals surface area contributed by atoms with Gasteiger partial charge < -0.3 is 10.1 Å². The summed E-state index contributed by atoms with van der Waals surface area (Å²) in [6.45, 7) is 2.72. The fourth-order valence-electron chi connectivity index (χ4n) is 1.61. The van der Waals surface area contributed by atoms with E-state index in [1.807, 2.05) is 6.92 Å². The summed E-state index contributed by atoms with van der Waals surface area (Å²) in [6, 6.07) is 0.477. The van der Waals surface area contributed by atoms with Crippen LogP contribution in [0.1, 0.15) is 26.2 Å². The Morgan fingerprint density at radius 3 is 2.67 bits per heavy atom. The lowest BCUT2D eigenvalue weighted by Gasteiger charge is -2.13. The first-order chi connectivity index (χ1) is 5.77. The summed E-state index contributed by atoms with van der Waals surface area (Å²) in [5.41, 5.74) is 0. The quantitative estimate of drug-likeness (QED) is 0.660. The van der Waals surface area contributed by atoms with Gasteiger partial charge in [-0.05, 0) is 26.2 Å². The number of carbonyl (C=O) groups excluding carboxylic acids is 1. The third-order valence-corrected chi connectivity index (χ3v) is 2.64. The fraction of sp³-hybridized carbons (Fsp3) is 0.889. The average molecular weight is 169 g/mol. The molecule has 0 bridgehead atoms. The van der Waals surface area contributed by atoms with E-state index in [1.165, 1.54) is 0 Å². The zero-order valence-corrected chi connectivity index (χ0v) is 7.38. The summed E-state index contributed by atoms with van der Waals surface area (Å²) in [4.78, 5) is 11.5. The Morgan fingerprint density at radius 1 is 1.42 bits per heavy atom. The molecule has 2 atom stereocenters. The maximum absolute atomic E-state index is 11.5. The summed E-state index contributed by atoms with van der Waals surface area (Å²) >= 11 is 0. The Bertz CT molecular complexity index is 189. The van der Waals surface area contributed by atoms with Crippen molar-refractivity contribution in [2.24, 2.45) is 5.92 Å². The van der Waals surface area contributed by atoms with Crippen molar-refractivity contribution < 1.29 is 9.53 Å². The summed E-state index contributed by atoms with van der Waals surface area (Å²) in [5.74, 6) is 0.299. The van der Waals surface area contributed by atoms with Crippen LogP contribution < -0.4 is 5.32 Å². The molecule has 1 saturated heterocycles. The van der Waals surface area contributed by atoms with Gasteiger partial charge in [-0.2, -0.15) is 0 Å². The lowest BCUT2D eigenvalue weighted by Crippen LogP contribution is -2.35. The molecule has 12 heavy (non-hydrogen) atoms. The molecule has 2 rings (SSSR count). The molecule has 3 heteroatoms. The van der Waals surface area contributed by atoms with Gasteiger partial charge in [0.05, 0.1) is 12.0 Å². The highest BCUT2D eigenvalue weighted by Gasteiger charge is 2.33. The van der Waals surface area contributed by atoms with E-state index >= 15 is 0 Å². The molecule has 1 heterocycles. The summed E-state index contributed by atoms with van der Waals surface area (Å²) < 4.78 is 5.33. The van der Waals surface area contributed by atoms with Crippen LogP contribution in [0.3, 0.4) is 0 Å². The molecule has 2 fully saturated rings. The van der Waals surface area contributed by atoms with Gasteiger partial charge in [-0.3, -0.25) is 4.79 Å². The molecular formula is C9H15NO2. The van der Waals surface area contributed by atoms with Gasteiger partial charge in [-0.15, -0.1) is 0 Å². The van der Waals surface area contributed by atoms with E-state index in [1.54, 1.807) is 0 Å². The van der Waals surface area contributed by atoms with Crippen LogP contribution in [-0.2, 0) is 9.53 Å². The van der Waals surface area contributed by atoms with Gasteiger partial charge in [0.2, 0.25) is 5.91 Å². The predicted octanol–water partition coefficient (Wildman–Crippen LogP) is 0.690. The van der Waals surface area contributed by atoms with E-state index < -0.39 is 0 Å². The molecule has 0 aromatic heterocycles.